The smallest absolute Gasteiger partial charge is 0.131 e. The van der Waals surface area contributed by atoms with Crippen LogP contribution in [0.4, 0.5) is 4.39 Å². The summed E-state index contributed by atoms with van der Waals surface area (Å²) in [6.45, 7) is 6.81. The van der Waals surface area contributed by atoms with Gasteiger partial charge >= 0.3 is 0 Å². The maximum absolute atomic E-state index is 13.2. The summed E-state index contributed by atoms with van der Waals surface area (Å²) < 4.78 is 13.2. The van der Waals surface area contributed by atoms with E-state index in [-0.39, 0.29) is 5.82 Å². The Labute approximate surface area is 152 Å². The van der Waals surface area contributed by atoms with Crippen molar-refractivity contribution < 1.29 is 4.39 Å². The minimum absolute atomic E-state index is 0.233. The molecule has 0 bridgehead atoms. The molecule has 1 aliphatic rings. The minimum atomic E-state index is -0.233. The minimum Gasteiger partial charge on any atom is -0.294 e. The Kier molecular flexibility index (Phi) is 4.51. The van der Waals surface area contributed by atoms with E-state index in [4.69, 9.17) is 4.98 Å². The maximum atomic E-state index is 13.2. The van der Waals surface area contributed by atoms with E-state index in [0.717, 1.165) is 48.7 Å². The van der Waals surface area contributed by atoms with Crippen molar-refractivity contribution in [2.45, 2.75) is 39.3 Å². The monoisotopic (exact) mass is 351 g/mol. The number of hydrogen-bond donors (Lipinski definition) is 1. The first kappa shape index (κ1) is 16.8. The summed E-state index contributed by atoms with van der Waals surface area (Å²) in [5, 5.41) is 7.24. The van der Waals surface area contributed by atoms with Gasteiger partial charge in [-0.15, -0.1) is 0 Å². The first-order valence-electron chi connectivity index (χ1n) is 8.95. The maximum Gasteiger partial charge on any atom is 0.131 e. The summed E-state index contributed by atoms with van der Waals surface area (Å²) >= 11 is 0. The summed E-state index contributed by atoms with van der Waals surface area (Å²) in [5.74, 6) is 1.04. The molecule has 3 heterocycles. The number of H-pyrrole nitrogens is 1. The van der Waals surface area contributed by atoms with Crippen molar-refractivity contribution >= 4 is 0 Å². The lowest BCUT2D eigenvalue weighted by Crippen LogP contribution is -2.31. The van der Waals surface area contributed by atoms with Gasteiger partial charge in [-0.3, -0.25) is 10.00 Å². The molecule has 0 saturated heterocycles. The molecule has 0 radical (unpaired) electrons. The van der Waals surface area contributed by atoms with Gasteiger partial charge in [0.25, 0.3) is 0 Å². The van der Waals surface area contributed by atoms with Crippen LogP contribution in [0, 0.1) is 5.82 Å². The molecule has 3 aromatic rings. The molecule has 0 unspecified atom stereocenters. The second-order valence-electron chi connectivity index (χ2n) is 7.09. The number of hydrogen-bond acceptors (Lipinski definition) is 4. The predicted molar refractivity (Wildman–Crippen MR) is 97.9 cm³/mol. The Morgan fingerprint density at radius 2 is 2.00 bits per heavy atom. The van der Waals surface area contributed by atoms with Gasteiger partial charge in [-0.1, -0.05) is 13.8 Å². The lowest BCUT2D eigenvalue weighted by Gasteiger charge is -2.28. The summed E-state index contributed by atoms with van der Waals surface area (Å²) in [6, 6.07) is 6.50. The molecule has 134 valence electrons. The van der Waals surface area contributed by atoms with Gasteiger partial charge in [0.2, 0.25) is 0 Å². The van der Waals surface area contributed by atoms with Crippen molar-refractivity contribution in [1.29, 1.82) is 0 Å². The van der Waals surface area contributed by atoms with E-state index in [2.05, 4.69) is 33.9 Å². The summed E-state index contributed by atoms with van der Waals surface area (Å²) in [5.41, 5.74) is 5.38. The highest BCUT2D eigenvalue weighted by atomic mass is 19.1. The second-order valence-corrected chi connectivity index (χ2v) is 7.09. The molecule has 0 saturated carbocycles. The van der Waals surface area contributed by atoms with Gasteiger partial charge in [0, 0.05) is 60.6 Å². The molecule has 5 nitrogen and oxygen atoms in total. The Balaban J connectivity index is 1.51. The topological polar surface area (TPSA) is 57.7 Å². The molecule has 1 aliphatic heterocycles. The fraction of sp³-hybridized carbons (Fsp3) is 0.350. The van der Waals surface area contributed by atoms with Crippen molar-refractivity contribution in [2.75, 3.05) is 6.54 Å². The Morgan fingerprint density at radius 3 is 2.77 bits per heavy atom. The highest BCUT2D eigenvalue weighted by Gasteiger charge is 2.20. The molecular formula is C20H22FN5. The van der Waals surface area contributed by atoms with E-state index in [0.29, 0.717) is 5.92 Å². The second kappa shape index (κ2) is 6.96. The number of fused-ring (bicyclic) bond motifs is 1. The van der Waals surface area contributed by atoms with Gasteiger partial charge in [-0.05, 0) is 24.3 Å². The molecule has 26 heavy (non-hydrogen) atoms. The van der Waals surface area contributed by atoms with Gasteiger partial charge in [0.05, 0.1) is 11.9 Å². The number of aromatic amines is 1. The standard InChI is InChI=1S/C20H22FN5/c1-13(2)20-22-9-15-11-26(8-7-18(15)24-20)12-16-10-23-25-19(16)14-3-5-17(21)6-4-14/h3-6,9-10,13H,7-8,11-12H2,1-2H3,(H,23,25). The summed E-state index contributed by atoms with van der Waals surface area (Å²) in [7, 11) is 0. The fourth-order valence-corrected chi connectivity index (χ4v) is 3.34. The van der Waals surface area contributed by atoms with E-state index < -0.39 is 0 Å². The van der Waals surface area contributed by atoms with E-state index in [1.54, 1.807) is 12.1 Å². The van der Waals surface area contributed by atoms with E-state index in [1.165, 1.54) is 23.4 Å². The molecular weight excluding hydrogens is 329 g/mol. The van der Waals surface area contributed by atoms with E-state index in [9.17, 15) is 4.39 Å². The SMILES string of the molecule is CC(C)c1ncc2c(n1)CCN(Cc1cn[nH]c1-c1ccc(F)cc1)C2. The normalized spacial score (nSPS) is 14.6. The molecule has 4 rings (SSSR count). The van der Waals surface area contributed by atoms with Crippen LogP contribution in [-0.2, 0) is 19.5 Å². The molecule has 0 fully saturated rings. The number of benzene rings is 1. The van der Waals surface area contributed by atoms with Gasteiger partial charge < -0.3 is 0 Å². The van der Waals surface area contributed by atoms with Crippen LogP contribution in [0.1, 0.15) is 42.4 Å². The van der Waals surface area contributed by atoms with Crippen LogP contribution >= 0.6 is 0 Å². The lowest BCUT2D eigenvalue weighted by atomic mass is 10.0. The summed E-state index contributed by atoms with van der Waals surface area (Å²) in [4.78, 5) is 11.6. The van der Waals surface area contributed by atoms with Gasteiger partial charge in [-0.2, -0.15) is 5.10 Å². The molecule has 6 heteroatoms. The van der Waals surface area contributed by atoms with Crippen LogP contribution in [0.3, 0.4) is 0 Å². The van der Waals surface area contributed by atoms with Crippen LogP contribution < -0.4 is 0 Å². The van der Waals surface area contributed by atoms with Crippen molar-refractivity contribution in [3.63, 3.8) is 0 Å². The number of nitrogens with zero attached hydrogens (tertiary/aromatic N) is 4. The quantitative estimate of drug-likeness (QED) is 0.779. The Bertz CT molecular complexity index is 901. The largest absolute Gasteiger partial charge is 0.294 e. The predicted octanol–water partition coefficient (Wildman–Crippen LogP) is 3.69. The zero-order valence-corrected chi connectivity index (χ0v) is 15.0. The Hall–Kier alpha value is -2.60. The molecule has 0 atom stereocenters. The molecule has 2 aromatic heterocycles. The van der Waals surface area contributed by atoms with Crippen molar-refractivity contribution in [3.05, 3.63) is 65.1 Å². The highest BCUT2D eigenvalue weighted by molar-refractivity contribution is 5.62. The molecule has 1 N–H and O–H groups in total. The van der Waals surface area contributed by atoms with Gasteiger partial charge in [0.15, 0.2) is 0 Å². The zero-order chi connectivity index (χ0) is 18.1. The number of halogens is 1. The summed E-state index contributed by atoms with van der Waals surface area (Å²) in [6.07, 6.45) is 4.76. The highest BCUT2D eigenvalue weighted by Crippen LogP contribution is 2.25. The van der Waals surface area contributed by atoms with Gasteiger partial charge in [-0.25, -0.2) is 14.4 Å². The number of aromatic nitrogens is 4. The number of nitrogens with one attached hydrogen (secondary N) is 1. The van der Waals surface area contributed by atoms with Crippen molar-refractivity contribution in [2.24, 2.45) is 0 Å². The van der Waals surface area contributed by atoms with Crippen LogP contribution in [0.25, 0.3) is 11.3 Å². The van der Waals surface area contributed by atoms with Crippen molar-refractivity contribution in [1.82, 2.24) is 25.1 Å². The molecule has 0 aliphatic carbocycles. The average Bonchev–Trinajstić information content (AvgIpc) is 3.10. The third-order valence-corrected chi connectivity index (χ3v) is 4.79. The zero-order valence-electron chi connectivity index (χ0n) is 15.0. The van der Waals surface area contributed by atoms with E-state index in [1.807, 2.05) is 12.4 Å². The average molecular weight is 351 g/mol. The van der Waals surface area contributed by atoms with Gasteiger partial charge in [0.1, 0.15) is 11.6 Å². The fourth-order valence-electron chi connectivity index (χ4n) is 3.34. The first-order chi connectivity index (χ1) is 12.6. The third kappa shape index (κ3) is 3.37. The molecule has 0 spiro atoms. The molecule has 1 aromatic carbocycles. The van der Waals surface area contributed by atoms with Crippen LogP contribution in [0.2, 0.25) is 0 Å². The molecule has 0 amide bonds. The van der Waals surface area contributed by atoms with Crippen LogP contribution in [0.5, 0.6) is 0 Å². The van der Waals surface area contributed by atoms with Crippen molar-refractivity contribution in [3.8, 4) is 11.3 Å². The number of rotatable bonds is 4. The third-order valence-electron chi connectivity index (χ3n) is 4.79. The Morgan fingerprint density at radius 1 is 1.19 bits per heavy atom. The van der Waals surface area contributed by atoms with Crippen LogP contribution in [-0.4, -0.2) is 31.6 Å². The lowest BCUT2D eigenvalue weighted by molar-refractivity contribution is 0.243. The first-order valence-corrected chi connectivity index (χ1v) is 8.95. The van der Waals surface area contributed by atoms with Crippen LogP contribution in [0.15, 0.2) is 36.7 Å². The van der Waals surface area contributed by atoms with E-state index >= 15 is 0 Å².